The molecule has 0 N–H and O–H groups in total. The Bertz CT molecular complexity index is 790. The van der Waals surface area contributed by atoms with Crippen molar-refractivity contribution in [3.05, 3.63) is 55.7 Å². The number of nitrogens with zero attached hydrogens (tertiary/aromatic N) is 1. The molecule has 1 aliphatic heterocycles. The standard InChI is InChI=1S/C17H15Cl2NO3S/c1-23-17(22)15-7-6-14(24-15)16(21)20-8-2-3-13(20)10-4-5-11(18)12(19)9-10/h4-7,9,13H,2-3,8H2,1H3. The second kappa shape index (κ2) is 7.13. The molecule has 1 aromatic carbocycles. The molecule has 2 heterocycles. The Morgan fingerprint density at radius 2 is 1.92 bits per heavy atom. The van der Waals surface area contributed by atoms with Gasteiger partial charge in [-0.05, 0) is 42.7 Å². The van der Waals surface area contributed by atoms with Crippen molar-refractivity contribution in [2.45, 2.75) is 18.9 Å². The van der Waals surface area contributed by atoms with Crippen molar-refractivity contribution in [1.29, 1.82) is 0 Å². The van der Waals surface area contributed by atoms with Gasteiger partial charge in [0, 0.05) is 6.54 Å². The summed E-state index contributed by atoms with van der Waals surface area (Å²) in [5, 5.41) is 0.981. The molecule has 24 heavy (non-hydrogen) atoms. The second-order valence-electron chi connectivity index (χ2n) is 5.49. The second-order valence-corrected chi connectivity index (χ2v) is 7.38. The number of hydrogen-bond acceptors (Lipinski definition) is 4. The van der Waals surface area contributed by atoms with Crippen molar-refractivity contribution in [3.63, 3.8) is 0 Å². The Hall–Kier alpha value is -1.56. The van der Waals surface area contributed by atoms with Gasteiger partial charge in [0.15, 0.2) is 0 Å². The molecule has 0 bridgehead atoms. The van der Waals surface area contributed by atoms with E-state index in [0.29, 0.717) is 26.3 Å². The normalized spacial score (nSPS) is 17.1. The molecule has 3 rings (SSSR count). The van der Waals surface area contributed by atoms with E-state index in [-0.39, 0.29) is 11.9 Å². The van der Waals surface area contributed by atoms with Crippen LogP contribution in [0.2, 0.25) is 10.0 Å². The number of ether oxygens (including phenoxy) is 1. The summed E-state index contributed by atoms with van der Waals surface area (Å²) in [6.07, 6.45) is 1.80. The van der Waals surface area contributed by atoms with E-state index >= 15 is 0 Å². The number of hydrogen-bond donors (Lipinski definition) is 0. The summed E-state index contributed by atoms with van der Waals surface area (Å²) >= 11 is 13.2. The summed E-state index contributed by atoms with van der Waals surface area (Å²) in [7, 11) is 1.32. The fraction of sp³-hybridized carbons (Fsp3) is 0.294. The van der Waals surface area contributed by atoms with Crippen LogP contribution in [0.4, 0.5) is 0 Å². The number of rotatable bonds is 3. The first-order chi connectivity index (χ1) is 11.5. The number of amides is 1. The van der Waals surface area contributed by atoms with Gasteiger partial charge in [-0.1, -0.05) is 29.3 Å². The first kappa shape index (κ1) is 17.3. The topological polar surface area (TPSA) is 46.6 Å². The Labute approximate surface area is 153 Å². The number of benzene rings is 1. The molecule has 126 valence electrons. The average molecular weight is 384 g/mol. The van der Waals surface area contributed by atoms with Crippen LogP contribution < -0.4 is 0 Å². The molecule has 1 aromatic heterocycles. The molecule has 4 nitrogen and oxygen atoms in total. The van der Waals surface area contributed by atoms with Crippen LogP contribution in [0.5, 0.6) is 0 Å². The molecule has 0 spiro atoms. The van der Waals surface area contributed by atoms with Crippen molar-refractivity contribution in [3.8, 4) is 0 Å². The molecule has 1 atom stereocenters. The van der Waals surface area contributed by atoms with E-state index in [2.05, 4.69) is 4.74 Å². The summed E-state index contributed by atoms with van der Waals surface area (Å²) in [5.41, 5.74) is 0.972. The third kappa shape index (κ3) is 3.29. The zero-order chi connectivity index (χ0) is 17.3. The molecule has 1 aliphatic rings. The van der Waals surface area contributed by atoms with E-state index < -0.39 is 5.97 Å². The van der Waals surface area contributed by atoms with E-state index in [1.807, 2.05) is 17.0 Å². The summed E-state index contributed by atoms with van der Waals surface area (Å²) in [6.45, 7) is 0.676. The van der Waals surface area contributed by atoms with Crippen molar-refractivity contribution in [2.24, 2.45) is 0 Å². The average Bonchev–Trinajstić information content (AvgIpc) is 3.25. The molecule has 0 radical (unpaired) electrons. The van der Waals surface area contributed by atoms with E-state index in [0.717, 1.165) is 29.7 Å². The monoisotopic (exact) mass is 383 g/mol. The van der Waals surface area contributed by atoms with Crippen LogP contribution in [0, 0.1) is 0 Å². The molecule has 1 saturated heterocycles. The Morgan fingerprint density at radius 1 is 1.17 bits per heavy atom. The minimum Gasteiger partial charge on any atom is -0.465 e. The summed E-state index contributed by atoms with van der Waals surface area (Å²) in [6, 6.07) is 8.72. The van der Waals surface area contributed by atoms with Gasteiger partial charge in [-0.15, -0.1) is 11.3 Å². The van der Waals surface area contributed by atoms with Crippen LogP contribution in [0.15, 0.2) is 30.3 Å². The maximum Gasteiger partial charge on any atom is 0.348 e. The molecule has 0 saturated carbocycles. The van der Waals surface area contributed by atoms with Crippen molar-refractivity contribution < 1.29 is 14.3 Å². The highest BCUT2D eigenvalue weighted by molar-refractivity contribution is 7.15. The predicted molar refractivity (Wildman–Crippen MR) is 95.1 cm³/mol. The fourth-order valence-electron chi connectivity index (χ4n) is 2.88. The van der Waals surface area contributed by atoms with Crippen LogP contribution in [-0.4, -0.2) is 30.4 Å². The van der Waals surface area contributed by atoms with Gasteiger partial charge in [-0.3, -0.25) is 4.79 Å². The van der Waals surface area contributed by atoms with Crippen LogP contribution in [0.1, 0.15) is 43.8 Å². The first-order valence-electron chi connectivity index (χ1n) is 7.45. The number of carbonyl (C=O) groups is 2. The smallest absolute Gasteiger partial charge is 0.348 e. The van der Waals surface area contributed by atoms with E-state index in [4.69, 9.17) is 23.2 Å². The first-order valence-corrected chi connectivity index (χ1v) is 9.02. The fourth-order valence-corrected chi connectivity index (χ4v) is 4.07. The van der Waals surface area contributed by atoms with Crippen LogP contribution >= 0.6 is 34.5 Å². The van der Waals surface area contributed by atoms with Gasteiger partial charge in [-0.25, -0.2) is 4.79 Å². The lowest BCUT2D eigenvalue weighted by atomic mass is 10.0. The lowest BCUT2D eigenvalue weighted by Gasteiger charge is -2.25. The maximum absolute atomic E-state index is 12.8. The molecule has 0 aliphatic carbocycles. The molecule has 1 amide bonds. The SMILES string of the molecule is COC(=O)c1ccc(C(=O)N2CCCC2c2ccc(Cl)c(Cl)c2)s1. The van der Waals surface area contributed by atoms with Crippen LogP contribution in [0.25, 0.3) is 0 Å². The van der Waals surface area contributed by atoms with Gasteiger partial charge >= 0.3 is 5.97 Å². The predicted octanol–water partition coefficient (Wildman–Crippen LogP) is 4.82. The molecule has 7 heteroatoms. The number of halogens is 2. The largest absolute Gasteiger partial charge is 0.465 e. The van der Waals surface area contributed by atoms with Crippen LogP contribution in [0.3, 0.4) is 0 Å². The third-order valence-electron chi connectivity index (χ3n) is 4.05. The molecular formula is C17H15Cl2NO3S. The Morgan fingerprint density at radius 3 is 2.62 bits per heavy atom. The summed E-state index contributed by atoms with van der Waals surface area (Å²) in [4.78, 5) is 27.2. The zero-order valence-corrected chi connectivity index (χ0v) is 15.2. The number of likely N-dealkylation sites (tertiary alicyclic amines) is 1. The Kier molecular flexibility index (Phi) is 5.13. The maximum atomic E-state index is 12.8. The number of carbonyl (C=O) groups excluding carboxylic acids is 2. The van der Waals surface area contributed by atoms with E-state index in [1.54, 1.807) is 18.2 Å². The van der Waals surface area contributed by atoms with Gasteiger partial charge in [0.25, 0.3) is 5.91 Å². The molecule has 1 unspecified atom stereocenters. The number of esters is 1. The van der Waals surface area contributed by atoms with E-state index in [1.165, 1.54) is 7.11 Å². The summed E-state index contributed by atoms with van der Waals surface area (Å²) in [5.74, 6) is -0.509. The molecule has 2 aromatic rings. The Balaban J connectivity index is 1.84. The van der Waals surface area contributed by atoms with Crippen molar-refractivity contribution in [2.75, 3.05) is 13.7 Å². The minimum atomic E-state index is -0.429. The van der Waals surface area contributed by atoms with E-state index in [9.17, 15) is 9.59 Å². The molecule has 1 fully saturated rings. The summed E-state index contributed by atoms with van der Waals surface area (Å²) < 4.78 is 4.69. The lowest BCUT2D eigenvalue weighted by Crippen LogP contribution is -2.29. The zero-order valence-electron chi connectivity index (χ0n) is 12.9. The van der Waals surface area contributed by atoms with Gasteiger partial charge in [-0.2, -0.15) is 0 Å². The number of methoxy groups -OCH3 is 1. The number of thiophene rings is 1. The quantitative estimate of drug-likeness (QED) is 0.713. The minimum absolute atomic E-state index is 0.0315. The van der Waals surface area contributed by atoms with Gasteiger partial charge in [0.05, 0.1) is 28.1 Å². The van der Waals surface area contributed by atoms with Gasteiger partial charge < -0.3 is 9.64 Å². The highest BCUT2D eigenvalue weighted by atomic mass is 35.5. The molecular weight excluding hydrogens is 369 g/mol. The third-order valence-corrected chi connectivity index (χ3v) is 5.84. The van der Waals surface area contributed by atoms with Crippen LogP contribution in [-0.2, 0) is 4.74 Å². The highest BCUT2D eigenvalue weighted by Crippen LogP contribution is 2.36. The lowest BCUT2D eigenvalue weighted by molar-refractivity contribution is 0.0606. The van der Waals surface area contributed by atoms with Gasteiger partial charge in [0.2, 0.25) is 0 Å². The van der Waals surface area contributed by atoms with Crippen molar-refractivity contribution in [1.82, 2.24) is 4.90 Å². The highest BCUT2D eigenvalue weighted by Gasteiger charge is 2.31. The van der Waals surface area contributed by atoms with Crippen molar-refractivity contribution >= 4 is 46.4 Å². The van der Waals surface area contributed by atoms with Gasteiger partial charge in [0.1, 0.15) is 4.88 Å².